The monoisotopic (exact) mass is 291 g/mol. The number of alkyl halides is 1. The van der Waals surface area contributed by atoms with Crippen molar-refractivity contribution in [2.45, 2.75) is 55.6 Å². The minimum Gasteiger partial charge on any atom is -0.449 e. The van der Waals surface area contributed by atoms with E-state index >= 15 is 0 Å². The van der Waals surface area contributed by atoms with Gasteiger partial charge in [-0.15, -0.1) is 0 Å². The molecule has 0 bridgehead atoms. The van der Waals surface area contributed by atoms with E-state index in [0.717, 1.165) is 32.1 Å². The summed E-state index contributed by atoms with van der Waals surface area (Å²) in [6.07, 6.45) is 4.65. The first kappa shape index (κ1) is 12.2. The van der Waals surface area contributed by atoms with Gasteiger partial charge in [0.15, 0.2) is 5.72 Å². The molecule has 2 saturated heterocycles. The van der Waals surface area contributed by atoms with E-state index in [1.165, 1.54) is 4.90 Å². The van der Waals surface area contributed by atoms with Gasteiger partial charge >= 0.3 is 6.09 Å². The van der Waals surface area contributed by atoms with Crippen molar-refractivity contribution in [2.75, 3.05) is 6.61 Å². The maximum Gasteiger partial charge on any atom is 0.412 e. The van der Waals surface area contributed by atoms with Crippen LogP contribution in [0, 0.1) is 0 Å². The highest BCUT2D eigenvalue weighted by molar-refractivity contribution is 9.09. The third-order valence-corrected chi connectivity index (χ3v) is 4.59. The van der Waals surface area contributed by atoms with Crippen LogP contribution in [0.4, 0.5) is 4.79 Å². The van der Waals surface area contributed by atoms with Crippen LogP contribution in [0.2, 0.25) is 0 Å². The van der Waals surface area contributed by atoms with E-state index in [-0.39, 0.29) is 17.0 Å². The summed E-state index contributed by atoms with van der Waals surface area (Å²) in [6.45, 7) is 2.58. The number of hydrogen-bond donors (Lipinski definition) is 1. The van der Waals surface area contributed by atoms with E-state index in [9.17, 15) is 9.90 Å². The summed E-state index contributed by atoms with van der Waals surface area (Å²) in [4.78, 5) is 12.8. The van der Waals surface area contributed by atoms with Gasteiger partial charge in [0.25, 0.3) is 0 Å². The van der Waals surface area contributed by atoms with Crippen molar-refractivity contribution in [1.29, 1.82) is 0 Å². The number of aliphatic hydroxyl groups is 1. The number of ether oxygens (including phenoxy) is 1. The van der Waals surface area contributed by atoms with Gasteiger partial charge < -0.3 is 9.84 Å². The molecule has 92 valence electrons. The molecule has 5 heteroatoms. The fourth-order valence-electron chi connectivity index (χ4n) is 2.44. The molecule has 1 amide bonds. The quantitative estimate of drug-likeness (QED) is 0.480. The molecule has 0 aliphatic carbocycles. The summed E-state index contributed by atoms with van der Waals surface area (Å²) < 4.78 is 4.91. The average Bonchev–Trinajstić information content (AvgIpc) is 2.88. The number of carbonyl (C=O) groups excluding carboxylic acids is 1. The minimum atomic E-state index is -0.999. The Hall–Kier alpha value is -0.290. The van der Waals surface area contributed by atoms with Crippen molar-refractivity contribution < 1.29 is 14.6 Å². The Bertz CT molecular complexity index is 286. The molecule has 2 aliphatic heterocycles. The Morgan fingerprint density at radius 3 is 3.06 bits per heavy atom. The molecule has 1 N–H and O–H groups in total. The lowest BCUT2D eigenvalue weighted by Gasteiger charge is -2.16. The second-order valence-corrected chi connectivity index (χ2v) is 5.64. The largest absolute Gasteiger partial charge is 0.449 e. The number of halogens is 1. The van der Waals surface area contributed by atoms with Crippen LogP contribution in [0.3, 0.4) is 0 Å². The van der Waals surface area contributed by atoms with Gasteiger partial charge in [-0.25, -0.2) is 4.79 Å². The highest BCUT2D eigenvalue weighted by atomic mass is 79.9. The average molecular weight is 292 g/mol. The van der Waals surface area contributed by atoms with Gasteiger partial charge in [0.05, 0.1) is 17.5 Å². The predicted molar refractivity (Wildman–Crippen MR) is 63.4 cm³/mol. The third-order valence-electron chi connectivity index (χ3n) is 3.46. The molecule has 0 aromatic carbocycles. The Balaban J connectivity index is 1.91. The Labute approximate surface area is 104 Å². The standard InChI is InChI=1S/C11H18BrNO3/c1-2-3-4-5-8(12)11(15)9-6-7-16-10(14)13(9)11/h8-9,15H,2-7H2,1H3/t8-,9-,11?,13?/m1/s1. The maximum absolute atomic E-state index is 11.4. The zero-order valence-corrected chi connectivity index (χ0v) is 11.1. The second kappa shape index (κ2) is 4.53. The van der Waals surface area contributed by atoms with E-state index in [2.05, 4.69) is 22.9 Å². The third kappa shape index (κ3) is 1.84. The maximum atomic E-state index is 11.4. The molecule has 16 heavy (non-hydrogen) atoms. The first-order chi connectivity index (χ1) is 7.62. The number of amides is 1. The predicted octanol–water partition coefficient (Wildman–Crippen LogP) is 2.24. The number of fused-ring (bicyclic) bond motifs is 1. The van der Waals surface area contributed by atoms with Crippen molar-refractivity contribution in [2.24, 2.45) is 0 Å². The molecule has 0 saturated carbocycles. The zero-order chi connectivity index (χ0) is 11.8. The van der Waals surface area contributed by atoms with E-state index in [4.69, 9.17) is 4.74 Å². The first-order valence-corrected chi connectivity index (χ1v) is 6.86. The van der Waals surface area contributed by atoms with E-state index in [0.29, 0.717) is 6.61 Å². The van der Waals surface area contributed by atoms with Crippen LogP contribution in [-0.2, 0) is 4.74 Å². The summed E-state index contributed by atoms with van der Waals surface area (Å²) in [7, 11) is 0. The van der Waals surface area contributed by atoms with Crippen molar-refractivity contribution in [3.8, 4) is 0 Å². The number of cyclic esters (lactones) is 1. The Morgan fingerprint density at radius 2 is 2.44 bits per heavy atom. The summed E-state index contributed by atoms with van der Waals surface area (Å²) in [5.41, 5.74) is -0.999. The molecule has 0 aromatic heterocycles. The molecule has 0 aromatic rings. The summed E-state index contributed by atoms with van der Waals surface area (Å²) >= 11 is 3.51. The van der Waals surface area contributed by atoms with Crippen LogP contribution in [0.1, 0.15) is 39.0 Å². The van der Waals surface area contributed by atoms with Gasteiger partial charge in [-0.3, -0.25) is 4.90 Å². The lowest BCUT2D eigenvalue weighted by atomic mass is 10.1. The number of unbranched alkanes of at least 4 members (excludes halogenated alkanes) is 2. The summed E-state index contributed by atoms with van der Waals surface area (Å²) in [5, 5.41) is 10.4. The van der Waals surface area contributed by atoms with Crippen molar-refractivity contribution >= 4 is 22.0 Å². The molecule has 1 unspecified atom stereocenters. The molecule has 0 spiro atoms. The van der Waals surface area contributed by atoms with Crippen molar-refractivity contribution in [1.82, 2.24) is 4.90 Å². The lowest BCUT2D eigenvalue weighted by molar-refractivity contribution is 0.0678. The van der Waals surface area contributed by atoms with Gasteiger partial charge in [-0.05, 0) is 6.42 Å². The Kier molecular flexibility index (Phi) is 3.45. The lowest BCUT2D eigenvalue weighted by Crippen LogP contribution is -2.32. The molecule has 4 nitrogen and oxygen atoms in total. The molecule has 0 radical (unpaired) electrons. The van der Waals surface area contributed by atoms with Crippen molar-refractivity contribution in [3.05, 3.63) is 0 Å². The van der Waals surface area contributed by atoms with Gasteiger partial charge in [0.1, 0.15) is 0 Å². The zero-order valence-electron chi connectivity index (χ0n) is 9.49. The summed E-state index contributed by atoms with van der Waals surface area (Å²) in [6, 6.07) is -0.0419. The van der Waals surface area contributed by atoms with Crippen LogP contribution in [0.15, 0.2) is 0 Å². The molecule has 2 aliphatic rings. The summed E-state index contributed by atoms with van der Waals surface area (Å²) in [5.74, 6) is 0. The normalized spacial score (nSPS) is 34.3. The van der Waals surface area contributed by atoms with Crippen LogP contribution in [0.5, 0.6) is 0 Å². The van der Waals surface area contributed by atoms with E-state index in [1.54, 1.807) is 0 Å². The highest BCUT2D eigenvalue weighted by Crippen LogP contribution is 2.49. The molecular formula is C11H18BrNO3. The molecule has 3 atom stereocenters. The topological polar surface area (TPSA) is 49.5 Å². The van der Waals surface area contributed by atoms with Crippen LogP contribution >= 0.6 is 15.9 Å². The SMILES string of the molecule is CCCCC[C@@H](Br)C1(O)[C@H]2CCOC(=O)N21. The minimum absolute atomic E-state index is 0.0396. The fourth-order valence-corrected chi connectivity index (χ4v) is 3.29. The second-order valence-electron chi connectivity index (χ2n) is 4.54. The van der Waals surface area contributed by atoms with E-state index < -0.39 is 5.72 Å². The number of nitrogens with zero attached hydrogens (tertiary/aromatic N) is 1. The van der Waals surface area contributed by atoms with Gasteiger partial charge in [0, 0.05) is 6.42 Å². The molecular weight excluding hydrogens is 274 g/mol. The Morgan fingerprint density at radius 1 is 1.69 bits per heavy atom. The first-order valence-electron chi connectivity index (χ1n) is 5.95. The van der Waals surface area contributed by atoms with Crippen LogP contribution < -0.4 is 0 Å². The van der Waals surface area contributed by atoms with Gasteiger partial charge in [0.2, 0.25) is 0 Å². The number of rotatable bonds is 5. The molecule has 2 rings (SSSR count). The fraction of sp³-hybridized carbons (Fsp3) is 0.909. The smallest absolute Gasteiger partial charge is 0.412 e. The van der Waals surface area contributed by atoms with Gasteiger partial charge in [-0.1, -0.05) is 42.1 Å². The van der Waals surface area contributed by atoms with Gasteiger partial charge in [-0.2, -0.15) is 0 Å². The van der Waals surface area contributed by atoms with Crippen LogP contribution in [-0.4, -0.2) is 39.3 Å². The molecule has 2 fully saturated rings. The molecule has 2 heterocycles. The number of hydrogen-bond acceptors (Lipinski definition) is 3. The van der Waals surface area contributed by atoms with E-state index in [1.807, 2.05) is 0 Å². The van der Waals surface area contributed by atoms with Crippen molar-refractivity contribution in [3.63, 3.8) is 0 Å². The highest BCUT2D eigenvalue weighted by Gasteiger charge is 2.69. The number of carbonyl (C=O) groups is 1. The van der Waals surface area contributed by atoms with Crippen LogP contribution in [0.25, 0.3) is 0 Å².